The van der Waals surface area contributed by atoms with E-state index in [4.69, 9.17) is 0 Å². The monoisotopic (exact) mass is 153 g/mol. The summed E-state index contributed by atoms with van der Waals surface area (Å²) >= 11 is 0. The summed E-state index contributed by atoms with van der Waals surface area (Å²) in [5.41, 5.74) is 0.747. The van der Waals surface area contributed by atoms with Crippen LogP contribution in [0.25, 0.3) is 0 Å². The van der Waals surface area contributed by atoms with E-state index in [0.717, 1.165) is 5.41 Å². The van der Waals surface area contributed by atoms with Crippen LogP contribution in [0.1, 0.15) is 44.9 Å². The van der Waals surface area contributed by atoms with Gasteiger partial charge in [-0.05, 0) is 31.2 Å². The van der Waals surface area contributed by atoms with E-state index >= 15 is 0 Å². The molecule has 1 saturated heterocycles. The van der Waals surface area contributed by atoms with Crippen molar-refractivity contribution in [3.63, 3.8) is 0 Å². The maximum absolute atomic E-state index is 3.51. The number of hydrogen-bond donors (Lipinski definition) is 1. The molecule has 1 saturated carbocycles. The van der Waals surface area contributed by atoms with E-state index in [-0.39, 0.29) is 0 Å². The molecule has 0 aromatic carbocycles. The Morgan fingerprint density at radius 2 is 1.55 bits per heavy atom. The van der Waals surface area contributed by atoms with Crippen molar-refractivity contribution in [1.29, 1.82) is 0 Å². The highest BCUT2D eigenvalue weighted by atomic mass is 14.9. The van der Waals surface area contributed by atoms with Gasteiger partial charge in [-0.2, -0.15) is 0 Å². The summed E-state index contributed by atoms with van der Waals surface area (Å²) in [7, 11) is 0. The van der Waals surface area contributed by atoms with Crippen LogP contribution >= 0.6 is 0 Å². The van der Waals surface area contributed by atoms with Crippen molar-refractivity contribution in [3.8, 4) is 0 Å². The number of hydrogen-bond acceptors (Lipinski definition) is 1. The predicted molar refractivity (Wildman–Crippen MR) is 47.6 cm³/mol. The van der Waals surface area contributed by atoms with E-state index < -0.39 is 0 Å². The van der Waals surface area contributed by atoms with Crippen LogP contribution in [-0.4, -0.2) is 13.1 Å². The highest BCUT2D eigenvalue weighted by molar-refractivity contribution is 4.88. The fraction of sp³-hybridized carbons (Fsp3) is 1.00. The smallest absolute Gasteiger partial charge is 0.000829 e. The summed E-state index contributed by atoms with van der Waals surface area (Å²) in [4.78, 5) is 0. The molecule has 2 fully saturated rings. The van der Waals surface area contributed by atoms with Gasteiger partial charge in [0.2, 0.25) is 0 Å². The number of rotatable bonds is 0. The topological polar surface area (TPSA) is 12.0 Å². The molecular formula is C10H19N. The molecule has 0 amide bonds. The van der Waals surface area contributed by atoms with Gasteiger partial charge < -0.3 is 5.32 Å². The first kappa shape index (κ1) is 7.60. The second-order valence-corrected chi connectivity index (χ2v) is 4.34. The summed E-state index contributed by atoms with van der Waals surface area (Å²) in [6, 6.07) is 0. The quantitative estimate of drug-likeness (QED) is 0.563. The van der Waals surface area contributed by atoms with Gasteiger partial charge in [0.1, 0.15) is 0 Å². The van der Waals surface area contributed by atoms with Crippen molar-refractivity contribution in [2.24, 2.45) is 5.41 Å². The molecule has 0 radical (unpaired) electrons. The molecule has 0 atom stereocenters. The summed E-state index contributed by atoms with van der Waals surface area (Å²) in [6.45, 7) is 2.59. The molecule has 1 aliphatic carbocycles. The van der Waals surface area contributed by atoms with Crippen LogP contribution in [-0.2, 0) is 0 Å². The fourth-order valence-electron chi connectivity index (χ4n) is 2.70. The Morgan fingerprint density at radius 3 is 2.09 bits per heavy atom. The lowest BCUT2D eigenvalue weighted by Gasteiger charge is -2.25. The third kappa shape index (κ3) is 1.58. The Morgan fingerprint density at radius 1 is 0.818 bits per heavy atom. The van der Waals surface area contributed by atoms with Gasteiger partial charge in [0.25, 0.3) is 0 Å². The van der Waals surface area contributed by atoms with Crippen molar-refractivity contribution in [3.05, 3.63) is 0 Å². The van der Waals surface area contributed by atoms with E-state index in [1.54, 1.807) is 0 Å². The molecule has 1 heteroatoms. The van der Waals surface area contributed by atoms with Gasteiger partial charge in [-0.15, -0.1) is 0 Å². The Hall–Kier alpha value is -0.0400. The zero-order valence-electron chi connectivity index (χ0n) is 7.36. The van der Waals surface area contributed by atoms with Crippen molar-refractivity contribution >= 4 is 0 Å². The highest BCUT2D eigenvalue weighted by Crippen LogP contribution is 2.39. The third-order valence-electron chi connectivity index (χ3n) is 3.50. The van der Waals surface area contributed by atoms with E-state index in [1.165, 1.54) is 58.0 Å². The first-order valence-corrected chi connectivity index (χ1v) is 5.12. The zero-order chi connectivity index (χ0) is 7.57. The first-order valence-electron chi connectivity index (χ1n) is 5.12. The van der Waals surface area contributed by atoms with Crippen LogP contribution in [0, 0.1) is 5.41 Å². The maximum Gasteiger partial charge on any atom is 0.000829 e. The molecule has 0 aromatic heterocycles. The molecule has 1 heterocycles. The van der Waals surface area contributed by atoms with Crippen LogP contribution in [0.5, 0.6) is 0 Å². The van der Waals surface area contributed by atoms with Crippen molar-refractivity contribution in [1.82, 2.24) is 5.32 Å². The van der Waals surface area contributed by atoms with Gasteiger partial charge in [0.05, 0.1) is 0 Å². The van der Waals surface area contributed by atoms with Gasteiger partial charge in [-0.3, -0.25) is 0 Å². The summed E-state index contributed by atoms with van der Waals surface area (Å²) in [6.07, 6.45) is 10.4. The molecule has 1 N–H and O–H groups in total. The summed E-state index contributed by atoms with van der Waals surface area (Å²) in [5.74, 6) is 0. The van der Waals surface area contributed by atoms with Crippen LogP contribution < -0.4 is 5.32 Å². The van der Waals surface area contributed by atoms with E-state index in [9.17, 15) is 0 Å². The van der Waals surface area contributed by atoms with E-state index in [0.29, 0.717) is 0 Å². The van der Waals surface area contributed by atoms with Crippen molar-refractivity contribution in [2.75, 3.05) is 13.1 Å². The van der Waals surface area contributed by atoms with Gasteiger partial charge in [0.15, 0.2) is 0 Å². The average molecular weight is 153 g/mol. The molecule has 2 aliphatic rings. The molecule has 0 unspecified atom stereocenters. The molecule has 64 valence electrons. The van der Waals surface area contributed by atoms with E-state index in [2.05, 4.69) is 5.32 Å². The highest BCUT2D eigenvalue weighted by Gasteiger charge is 2.33. The lowest BCUT2D eigenvalue weighted by Crippen LogP contribution is -2.22. The van der Waals surface area contributed by atoms with Gasteiger partial charge in [-0.25, -0.2) is 0 Å². The summed E-state index contributed by atoms with van der Waals surface area (Å²) < 4.78 is 0. The molecular weight excluding hydrogens is 134 g/mol. The van der Waals surface area contributed by atoms with Crippen LogP contribution in [0.4, 0.5) is 0 Å². The van der Waals surface area contributed by atoms with Crippen LogP contribution in [0.2, 0.25) is 0 Å². The lowest BCUT2D eigenvalue weighted by atomic mass is 9.80. The largest absolute Gasteiger partial charge is 0.316 e. The van der Waals surface area contributed by atoms with E-state index in [1.807, 2.05) is 0 Å². The molecule has 1 spiro atoms. The van der Waals surface area contributed by atoms with Gasteiger partial charge >= 0.3 is 0 Å². The second-order valence-electron chi connectivity index (χ2n) is 4.34. The maximum atomic E-state index is 3.51. The average Bonchev–Trinajstić information content (AvgIpc) is 2.32. The molecule has 0 aromatic rings. The molecule has 1 aliphatic heterocycles. The predicted octanol–water partition coefficient (Wildman–Crippen LogP) is 2.32. The minimum Gasteiger partial charge on any atom is -0.316 e. The minimum absolute atomic E-state index is 0.747. The first-order chi connectivity index (χ1) is 5.41. The van der Waals surface area contributed by atoms with Crippen LogP contribution in [0.15, 0.2) is 0 Å². The van der Waals surface area contributed by atoms with Crippen LogP contribution in [0.3, 0.4) is 0 Å². The molecule has 0 bridgehead atoms. The Bertz CT molecular complexity index is 115. The summed E-state index contributed by atoms with van der Waals surface area (Å²) in [5, 5.41) is 3.51. The Balaban J connectivity index is 1.97. The third-order valence-corrected chi connectivity index (χ3v) is 3.50. The molecule has 1 nitrogen and oxygen atoms in total. The second kappa shape index (κ2) is 3.14. The Labute approximate surface area is 69.6 Å². The normalized spacial score (nSPS) is 30.5. The van der Waals surface area contributed by atoms with Gasteiger partial charge in [0, 0.05) is 6.54 Å². The van der Waals surface area contributed by atoms with Crippen molar-refractivity contribution < 1.29 is 0 Å². The zero-order valence-corrected chi connectivity index (χ0v) is 7.36. The minimum atomic E-state index is 0.747. The standard InChI is InChI=1S/C10H19N/c1-2-4-6-10(5-3-1)7-8-11-9-10/h11H,1-9H2. The van der Waals surface area contributed by atoms with Gasteiger partial charge in [-0.1, -0.05) is 25.7 Å². The Kier molecular flexibility index (Phi) is 2.17. The molecule has 11 heavy (non-hydrogen) atoms. The number of nitrogens with one attached hydrogen (secondary N) is 1. The SMILES string of the molecule is C1CCCC2(CC1)CCNC2. The fourth-order valence-corrected chi connectivity index (χ4v) is 2.70. The van der Waals surface area contributed by atoms with Crippen molar-refractivity contribution in [2.45, 2.75) is 44.9 Å². The lowest BCUT2D eigenvalue weighted by molar-refractivity contribution is 0.277. The molecule has 2 rings (SSSR count).